The zero-order valence-corrected chi connectivity index (χ0v) is 22.7. The summed E-state index contributed by atoms with van der Waals surface area (Å²) in [6.07, 6.45) is 1.30. The van der Waals surface area contributed by atoms with Gasteiger partial charge < -0.3 is 19.5 Å². The minimum absolute atomic E-state index is 0.146. The van der Waals surface area contributed by atoms with Gasteiger partial charge in [0.05, 0.1) is 35.7 Å². The number of esters is 1. The van der Waals surface area contributed by atoms with Crippen molar-refractivity contribution in [1.82, 2.24) is 5.32 Å². The minimum atomic E-state index is -0.934. The van der Waals surface area contributed by atoms with Gasteiger partial charge >= 0.3 is 12.0 Å². The van der Waals surface area contributed by atoms with Gasteiger partial charge in [0, 0.05) is 0 Å². The third kappa shape index (κ3) is 6.71. The molecule has 1 saturated heterocycles. The molecule has 1 aliphatic heterocycles. The third-order valence-corrected chi connectivity index (χ3v) is 6.06. The highest BCUT2D eigenvalue weighted by atomic mass is 35.5. The summed E-state index contributed by atoms with van der Waals surface area (Å²) in [6.45, 7) is 1.69. The number of rotatable bonds is 9. The number of hydrogen-bond donors (Lipinski definition) is 2. The predicted molar refractivity (Wildman–Crippen MR) is 150 cm³/mol. The lowest BCUT2D eigenvalue weighted by molar-refractivity contribution is -0.122. The van der Waals surface area contributed by atoms with Crippen LogP contribution >= 0.6 is 11.6 Å². The normalized spacial score (nSPS) is 14.0. The number of halogens is 1. The SMILES string of the molecule is CCOc1cc(/C=C2/C(=O)NC(=O)N(c3ccc(C(=O)OC)cc3)C2=O)ccc1OCC(=O)Nc1ccccc1Cl. The van der Waals surface area contributed by atoms with Crippen LogP contribution in [0.15, 0.2) is 72.3 Å². The molecule has 4 rings (SSSR count). The second kappa shape index (κ2) is 12.8. The summed E-state index contributed by atoms with van der Waals surface area (Å²) in [7, 11) is 1.23. The number of ether oxygens (including phenoxy) is 3. The highest BCUT2D eigenvalue weighted by molar-refractivity contribution is 6.39. The monoisotopic (exact) mass is 577 g/mol. The first kappa shape index (κ1) is 28.8. The maximum atomic E-state index is 13.2. The Morgan fingerprint density at radius 1 is 0.976 bits per heavy atom. The Bertz CT molecular complexity index is 1550. The van der Waals surface area contributed by atoms with Crippen molar-refractivity contribution < 1.29 is 38.2 Å². The number of carbonyl (C=O) groups is 5. The van der Waals surface area contributed by atoms with E-state index in [1.807, 2.05) is 0 Å². The molecular formula is C29H24ClN3O8. The molecule has 0 spiro atoms. The second-order valence-electron chi connectivity index (χ2n) is 8.45. The molecule has 1 aliphatic rings. The summed E-state index contributed by atoms with van der Waals surface area (Å²) in [5, 5.41) is 5.18. The van der Waals surface area contributed by atoms with Crippen LogP contribution in [-0.2, 0) is 19.1 Å². The van der Waals surface area contributed by atoms with E-state index >= 15 is 0 Å². The number of benzene rings is 3. The van der Waals surface area contributed by atoms with E-state index in [2.05, 4.69) is 15.4 Å². The number of carbonyl (C=O) groups excluding carboxylic acids is 5. The zero-order valence-electron chi connectivity index (χ0n) is 21.9. The first-order chi connectivity index (χ1) is 19.7. The van der Waals surface area contributed by atoms with E-state index in [9.17, 15) is 24.0 Å². The lowest BCUT2D eigenvalue weighted by Gasteiger charge is -2.26. The van der Waals surface area contributed by atoms with E-state index < -0.39 is 29.7 Å². The van der Waals surface area contributed by atoms with Crippen LogP contribution in [0.2, 0.25) is 5.02 Å². The molecule has 5 amide bonds. The van der Waals surface area contributed by atoms with Crippen molar-refractivity contribution in [3.63, 3.8) is 0 Å². The molecule has 0 aromatic heterocycles. The van der Waals surface area contributed by atoms with Crippen molar-refractivity contribution in [3.05, 3.63) is 88.5 Å². The number of nitrogens with one attached hydrogen (secondary N) is 2. The first-order valence-corrected chi connectivity index (χ1v) is 12.6. The van der Waals surface area contributed by atoms with Crippen molar-refractivity contribution in [3.8, 4) is 11.5 Å². The van der Waals surface area contributed by atoms with Gasteiger partial charge in [0.2, 0.25) is 0 Å². The number of imide groups is 2. The lowest BCUT2D eigenvalue weighted by Crippen LogP contribution is -2.54. The molecule has 0 radical (unpaired) electrons. The fourth-order valence-electron chi connectivity index (χ4n) is 3.82. The molecule has 0 saturated carbocycles. The van der Waals surface area contributed by atoms with Crippen molar-refractivity contribution in [1.29, 1.82) is 0 Å². The quantitative estimate of drug-likeness (QED) is 0.219. The van der Waals surface area contributed by atoms with Crippen LogP contribution < -0.4 is 25.0 Å². The van der Waals surface area contributed by atoms with E-state index in [-0.39, 0.29) is 41.5 Å². The number of amides is 5. The fourth-order valence-corrected chi connectivity index (χ4v) is 4.00. The van der Waals surface area contributed by atoms with Crippen molar-refractivity contribution >= 4 is 58.8 Å². The van der Waals surface area contributed by atoms with E-state index in [4.69, 9.17) is 21.1 Å². The van der Waals surface area contributed by atoms with E-state index in [0.717, 1.165) is 4.90 Å². The van der Waals surface area contributed by atoms with Gasteiger partial charge in [0.15, 0.2) is 18.1 Å². The molecule has 12 heteroatoms. The van der Waals surface area contributed by atoms with Crippen molar-refractivity contribution in [2.75, 3.05) is 30.5 Å². The number of methoxy groups -OCH3 is 1. The summed E-state index contributed by atoms with van der Waals surface area (Å²) < 4.78 is 15.9. The van der Waals surface area contributed by atoms with Crippen LogP contribution in [0.5, 0.6) is 11.5 Å². The minimum Gasteiger partial charge on any atom is -0.490 e. The largest absolute Gasteiger partial charge is 0.490 e. The standard InChI is InChI=1S/C29H24ClN3O8/c1-3-40-24-15-17(8-13-23(24)41-16-25(34)31-22-7-5-4-6-21(22)30)14-20-26(35)32-29(38)33(27(20)36)19-11-9-18(10-12-19)28(37)39-2/h4-15H,3,16H2,1-2H3,(H,31,34)(H,32,35,38)/b20-14-. The van der Waals surface area contributed by atoms with Gasteiger partial charge in [-0.1, -0.05) is 29.8 Å². The van der Waals surface area contributed by atoms with Crippen LogP contribution in [0, 0.1) is 0 Å². The van der Waals surface area contributed by atoms with Gasteiger partial charge in [-0.3, -0.25) is 19.7 Å². The number of para-hydroxylation sites is 1. The predicted octanol–water partition coefficient (Wildman–Crippen LogP) is 4.21. The molecule has 2 N–H and O–H groups in total. The number of urea groups is 1. The second-order valence-corrected chi connectivity index (χ2v) is 8.86. The molecule has 11 nitrogen and oxygen atoms in total. The fraction of sp³-hybridized carbons (Fsp3) is 0.138. The smallest absolute Gasteiger partial charge is 0.337 e. The Morgan fingerprint density at radius 3 is 2.39 bits per heavy atom. The number of nitrogens with zero attached hydrogens (tertiary/aromatic N) is 1. The Labute approximate surface area is 239 Å². The molecule has 0 unspecified atom stereocenters. The molecule has 3 aromatic rings. The summed E-state index contributed by atoms with van der Waals surface area (Å²) >= 11 is 6.07. The maximum Gasteiger partial charge on any atom is 0.337 e. The van der Waals surface area contributed by atoms with Crippen LogP contribution in [0.4, 0.5) is 16.2 Å². The lowest BCUT2D eigenvalue weighted by atomic mass is 10.1. The molecule has 210 valence electrons. The van der Waals surface area contributed by atoms with Crippen LogP contribution in [0.1, 0.15) is 22.8 Å². The summed E-state index contributed by atoms with van der Waals surface area (Å²) in [5.41, 5.74) is 0.900. The third-order valence-electron chi connectivity index (χ3n) is 5.73. The van der Waals surface area contributed by atoms with Gasteiger partial charge in [0.1, 0.15) is 5.57 Å². The molecule has 0 bridgehead atoms. The van der Waals surface area contributed by atoms with E-state index in [1.165, 1.54) is 49.6 Å². The first-order valence-electron chi connectivity index (χ1n) is 12.3. The van der Waals surface area contributed by atoms with Gasteiger partial charge in [0.25, 0.3) is 17.7 Å². The van der Waals surface area contributed by atoms with Crippen LogP contribution in [-0.4, -0.2) is 50.0 Å². The van der Waals surface area contributed by atoms with Crippen molar-refractivity contribution in [2.24, 2.45) is 0 Å². The zero-order chi connectivity index (χ0) is 29.5. The van der Waals surface area contributed by atoms with Gasteiger partial charge in [-0.05, 0) is 67.1 Å². The van der Waals surface area contributed by atoms with E-state index in [0.29, 0.717) is 16.3 Å². The average Bonchev–Trinajstić information content (AvgIpc) is 2.96. The highest BCUT2D eigenvalue weighted by Crippen LogP contribution is 2.30. The molecule has 0 aliphatic carbocycles. The molecule has 1 fully saturated rings. The molecule has 41 heavy (non-hydrogen) atoms. The molecule has 3 aromatic carbocycles. The summed E-state index contributed by atoms with van der Waals surface area (Å²) in [4.78, 5) is 63.2. The molecular weight excluding hydrogens is 554 g/mol. The number of barbiturate groups is 1. The Morgan fingerprint density at radius 2 is 1.71 bits per heavy atom. The Kier molecular flexibility index (Phi) is 9.00. The summed E-state index contributed by atoms with van der Waals surface area (Å²) in [5.74, 6) is -2.25. The highest BCUT2D eigenvalue weighted by Gasteiger charge is 2.37. The number of hydrogen-bond acceptors (Lipinski definition) is 8. The van der Waals surface area contributed by atoms with Crippen LogP contribution in [0.25, 0.3) is 6.08 Å². The topological polar surface area (TPSA) is 140 Å². The Balaban J connectivity index is 1.53. The molecule has 1 heterocycles. The number of anilines is 2. The Hall–Kier alpha value is -5.16. The van der Waals surface area contributed by atoms with E-state index in [1.54, 1.807) is 37.3 Å². The van der Waals surface area contributed by atoms with Gasteiger partial charge in [-0.2, -0.15) is 0 Å². The van der Waals surface area contributed by atoms with Gasteiger partial charge in [-0.25, -0.2) is 14.5 Å². The van der Waals surface area contributed by atoms with Gasteiger partial charge in [-0.15, -0.1) is 0 Å². The average molecular weight is 578 g/mol. The maximum absolute atomic E-state index is 13.2. The van der Waals surface area contributed by atoms with Crippen LogP contribution in [0.3, 0.4) is 0 Å². The summed E-state index contributed by atoms with van der Waals surface area (Å²) in [6, 6.07) is 16.0. The molecule has 0 atom stereocenters. The van der Waals surface area contributed by atoms with Crippen molar-refractivity contribution in [2.45, 2.75) is 6.92 Å².